The number of hydrogen-bond donors (Lipinski definition) is 0. The van der Waals surface area contributed by atoms with E-state index < -0.39 is 5.60 Å². The van der Waals surface area contributed by atoms with E-state index in [0.29, 0.717) is 29.2 Å². The van der Waals surface area contributed by atoms with Crippen LogP contribution in [0.1, 0.15) is 48.2 Å². The van der Waals surface area contributed by atoms with Gasteiger partial charge in [-0.05, 0) is 25.0 Å². The topological polar surface area (TPSA) is 43.4 Å². The summed E-state index contributed by atoms with van der Waals surface area (Å²) >= 11 is 6.36. The summed E-state index contributed by atoms with van der Waals surface area (Å²) in [6, 6.07) is 1.92. The Labute approximate surface area is 129 Å². The van der Waals surface area contributed by atoms with E-state index in [1.165, 1.54) is 0 Å². The normalized spacial score (nSPS) is 31.5. The number of ether oxygens (including phenoxy) is 1. The van der Waals surface area contributed by atoms with Crippen LogP contribution in [0.2, 0.25) is 5.02 Å². The minimum absolute atomic E-state index is 0.00981. The van der Waals surface area contributed by atoms with Crippen molar-refractivity contribution in [1.29, 1.82) is 0 Å². The lowest BCUT2D eigenvalue weighted by atomic mass is 9.66. The fourth-order valence-electron chi connectivity index (χ4n) is 3.92. The van der Waals surface area contributed by atoms with Crippen LogP contribution in [0.3, 0.4) is 0 Å². The highest BCUT2D eigenvalue weighted by Crippen LogP contribution is 2.51. The Bertz CT molecular complexity index is 648. The SMILES string of the molecule is Cc1cc(C)c2c(c1Cl)OC1(C2=O)C(C)CC(=O)C[C@H]1C. The monoisotopic (exact) mass is 306 g/mol. The first kappa shape index (κ1) is 14.6. The Balaban J connectivity index is 2.18. The molecule has 0 saturated heterocycles. The molecule has 1 fully saturated rings. The Kier molecular flexibility index (Phi) is 3.17. The second-order valence-corrected chi connectivity index (χ2v) is 6.88. The Hall–Kier alpha value is -1.35. The van der Waals surface area contributed by atoms with Gasteiger partial charge in [0.1, 0.15) is 5.78 Å². The first-order valence-electron chi connectivity index (χ1n) is 7.34. The molecule has 3 nitrogen and oxygen atoms in total. The molecule has 1 aliphatic carbocycles. The predicted molar refractivity (Wildman–Crippen MR) is 81.2 cm³/mol. The zero-order chi connectivity index (χ0) is 15.5. The van der Waals surface area contributed by atoms with Crippen LogP contribution in [0.5, 0.6) is 5.75 Å². The number of rotatable bonds is 0. The van der Waals surface area contributed by atoms with Crippen LogP contribution in [0.25, 0.3) is 0 Å². The molecule has 0 radical (unpaired) electrons. The Morgan fingerprint density at radius 3 is 2.29 bits per heavy atom. The predicted octanol–water partition coefficient (Wildman–Crippen LogP) is 3.91. The van der Waals surface area contributed by atoms with Gasteiger partial charge in [0.2, 0.25) is 5.78 Å². The first-order valence-corrected chi connectivity index (χ1v) is 7.72. The number of fused-ring (bicyclic) bond motifs is 1. The molecule has 1 heterocycles. The number of carbonyl (C=O) groups is 2. The maximum atomic E-state index is 13.1. The highest BCUT2D eigenvalue weighted by molar-refractivity contribution is 6.34. The fraction of sp³-hybridized carbons (Fsp3) is 0.529. The molecule has 1 aromatic rings. The molecular weight excluding hydrogens is 288 g/mol. The zero-order valence-corrected chi connectivity index (χ0v) is 13.5. The van der Waals surface area contributed by atoms with Crippen molar-refractivity contribution in [2.24, 2.45) is 11.8 Å². The molecule has 0 N–H and O–H groups in total. The van der Waals surface area contributed by atoms with Gasteiger partial charge < -0.3 is 4.74 Å². The highest BCUT2D eigenvalue weighted by atomic mass is 35.5. The lowest BCUT2D eigenvalue weighted by Gasteiger charge is -2.41. The summed E-state index contributed by atoms with van der Waals surface area (Å²) in [4.78, 5) is 24.9. The minimum atomic E-state index is -0.932. The summed E-state index contributed by atoms with van der Waals surface area (Å²) in [6.07, 6.45) is 0.777. The van der Waals surface area contributed by atoms with E-state index in [9.17, 15) is 9.59 Å². The van der Waals surface area contributed by atoms with Crippen LogP contribution >= 0.6 is 11.6 Å². The van der Waals surface area contributed by atoms with E-state index in [4.69, 9.17) is 16.3 Å². The van der Waals surface area contributed by atoms with Crippen molar-refractivity contribution in [3.63, 3.8) is 0 Å². The largest absolute Gasteiger partial charge is 0.476 e. The lowest BCUT2D eigenvalue weighted by molar-refractivity contribution is -0.129. The summed E-state index contributed by atoms with van der Waals surface area (Å²) in [6.45, 7) is 7.67. The summed E-state index contributed by atoms with van der Waals surface area (Å²) in [5.41, 5.74) is 1.46. The molecule has 21 heavy (non-hydrogen) atoms. The average molecular weight is 307 g/mol. The van der Waals surface area contributed by atoms with Gasteiger partial charge in [0.25, 0.3) is 0 Å². The zero-order valence-electron chi connectivity index (χ0n) is 12.7. The maximum Gasteiger partial charge on any atom is 0.210 e. The third-order valence-electron chi connectivity index (χ3n) is 4.98. The molecule has 1 saturated carbocycles. The molecule has 0 amide bonds. The minimum Gasteiger partial charge on any atom is -0.476 e. The van der Waals surface area contributed by atoms with E-state index in [1.807, 2.05) is 33.8 Å². The van der Waals surface area contributed by atoms with Crippen LogP contribution in [0.4, 0.5) is 0 Å². The second-order valence-electron chi connectivity index (χ2n) is 6.50. The maximum absolute atomic E-state index is 13.1. The van der Waals surface area contributed by atoms with E-state index in [0.717, 1.165) is 11.1 Å². The van der Waals surface area contributed by atoms with E-state index in [2.05, 4.69) is 0 Å². The lowest BCUT2D eigenvalue weighted by Crippen LogP contribution is -2.55. The van der Waals surface area contributed by atoms with Crippen molar-refractivity contribution in [3.05, 3.63) is 27.8 Å². The van der Waals surface area contributed by atoms with Crippen LogP contribution in [0.15, 0.2) is 6.07 Å². The molecule has 2 unspecified atom stereocenters. The average Bonchev–Trinajstić information content (AvgIpc) is 2.69. The smallest absolute Gasteiger partial charge is 0.210 e. The number of ketones is 2. The third-order valence-corrected chi connectivity index (χ3v) is 5.45. The van der Waals surface area contributed by atoms with Gasteiger partial charge in [-0.2, -0.15) is 0 Å². The Morgan fingerprint density at radius 1 is 1.14 bits per heavy atom. The van der Waals surface area contributed by atoms with Crippen molar-refractivity contribution >= 4 is 23.2 Å². The van der Waals surface area contributed by atoms with Crippen molar-refractivity contribution in [2.45, 2.75) is 46.1 Å². The molecule has 2 aliphatic rings. The van der Waals surface area contributed by atoms with Gasteiger partial charge in [-0.3, -0.25) is 9.59 Å². The van der Waals surface area contributed by atoms with Crippen molar-refractivity contribution in [2.75, 3.05) is 0 Å². The van der Waals surface area contributed by atoms with E-state index in [1.54, 1.807) is 0 Å². The van der Waals surface area contributed by atoms with Gasteiger partial charge in [-0.1, -0.05) is 31.5 Å². The second kappa shape index (κ2) is 4.57. The quantitative estimate of drug-likeness (QED) is 0.730. The molecule has 1 aliphatic heterocycles. The first-order chi connectivity index (χ1) is 9.79. The number of halogens is 1. The van der Waals surface area contributed by atoms with Gasteiger partial charge in [-0.25, -0.2) is 0 Å². The van der Waals surface area contributed by atoms with Crippen molar-refractivity contribution in [3.8, 4) is 5.75 Å². The molecule has 3 rings (SSSR count). The van der Waals surface area contributed by atoms with Crippen molar-refractivity contribution < 1.29 is 14.3 Å². The number of carbonyl (C=O) groups excluding carboxylic acids is 2. The molecule has 0 bridgehead atoms. The molecule has 0 aromatic heterocycles. The van der Waals surface area contributed by atoms with Crippen LogP contribution in [-0.4, -0.2) is 17.2 Å². The fourth-order valence-corrected chi connectivity index (χ4v) is 4.11. The molecule has 1 spiro atoms. The van der Waals surface area contributed by atoms with E-state index >= 15 is 0 Å². The van der Waals surface area contributed by atoms with E-state index in [-0.39, 0.29) is 23.4 Å². The van der Waals surface area contributed by atoms with Crippen LogP contribution < -0.4 is 4.74 Å². The molecule has 4 heteroatoms. The number of aryl methyl sites for hydroxylation is 2. The van der Waals surface area contributed by atoms with Gasteiger partial charge in [0.15, 0.2) is 11.4 Å². The standard InChI is InChI=1S/C17H19ClO3/c1-8-5-9(2)14(18)15-13(8)16(20)17(21-15)10(3)6-12(19)7-11(17)4/h5,10-11H,6-7H2,1-4H3/t10-,11?,17?/m1/s1. The number of Topliss-reactive ketones (excluding diaryl/α,β-unsaturated/α-hetero) is 2. The summed E-state index contributed by atoms with van der Waals surface area (Å²) < 4.78 is 6.18. The molecule has 112 valence electrons. The number of benzene rings is 1. The summed E-state index contributed by atoms with van der Waals surface area (Å²) in [5.74, 6) is 0.428. The third kappa shape index (κ3) is 1.80. The van der Waals surface area contributed by atoms with Gasteiger partial charge in [-0.15, -0.1) is 0 Å². The molecule has 1 aromatic carbocycles. The summed E-state index contributed by atoms with van der Waals surface area (Å²) in [7, 11) is 0. The van der Waals surface area contributed by atoms with Crippen LogP contribution in [0, 0.1) is 25.7 Å². The van der Waals surface area contributed by atoms with Gasteiger partial charge in [0, 0.05) is 24.7 Å². The summed E-state index contributed by atoms with van der Waals surface area (Å²) in [5, 5.41) is 0.511. The van der Waals surface area contributed by atoms with Crippen LogP contribution in [-0.2, 0) is 4.79 Å². The molecule has 3 atom stereocenters. The van der Waals surface area contributed by atoms with Gasteiger partial charge >= 0.3 is 0 Å². The molecular formula is C17H19ClO3. The number of hydrogen-bond acceptors (Lipinski definition) is 3. The van der Waals surface area contributed by atoms with Crippen molar-refractivity contribution in [1.82, 2.24) is 0 Å². The van der Waals surface area contributed by atoms with Gasteiger partial charge in [0.05, 0.1) is 10.6 Å². The Morgan fingerprint density at radius 2 is 1.71 bits per heavy atom. The highest BCUT2D eigenvalue weighted by Gasteiger charge is 2.59.